The first-order valence-electron chi connectivity index (χ1n) is 5.90. The second-order valence-corrected chi connectivity index (χ2v) is 5.39. The fraction of sp³-hybridized carbons (Fsp3) is 0.0714. The number of carbonyl (C=O) groups excluding carboxylic acids is 1. The Morgan fingerprint density at radius 2 is 1.90 bits per heavy atom. The van der Waals surface area contributed by atoms with Crippen LogP contribution in [0.25, 0.3) is 0 Å². The molecule has 0 aliphatic rings. The molecule has 0 aliphatic heterocycles. The quantitative estimate of drug-likeness (QED) is 0.519. The van der Waals surface area contributed by atoms with Crippen LogP contribution < -0.4 is 5.32 Å². The van der Waals surface area contributed by atoms with Crippen molar-refractivity contribution in [3.8, 4) is 0 Å². The Balaban J connectivity index is 2.25. The molecule has 0 unspecified atom stereocenters. The first-order chi connectivity index (χ1) is 10.0. The fourth-order valence-corrected chi connectivity index (χ4v) is 2.38. The summed E-state index contributed by atoms with van der Waals surface area (Å²) in [6, 6.07) is 11.0. The van der Waals surface area contributed by atoms with Gasteiger partial charge in [0.15, 0.2) is 0 Å². The highest BCUT2D eigenvalue weighted by Crippen LogP contribution is 2.28. The third-order valence-electron chi connectivity index (χ3n) is 2.74. The number of nitro benzene ring substituents is 1. The third kappa shape index (κ3) is 3.74. The van der Waals surface area contributed by atoms with Gasteiger partial charge in [-0.15, -0.1) is 11.8 Å². The summed E-state index contributed by atoms with van der Waals surface area (Å²) in [5.74, 6) is -0.409. The number of hydrogen-bond donors (Lipinski definition) is 1. The fourth-order valence-electron chi connectivity index (χ4n) is 1.71. The molecule has 1 N–H and O–H groups in total. The molecule has 5 nitrogen and oxygen atoms in total. The van der Waals surface area contributed by atoms with Gasteiger partial charge >= 0.3 is 0 Å². The van der Waals surface area contributed by atoms with Crippen molar-refractivity contribution in [1.82, 2.24) is 0 Å². The van der Waals surface area contributed by atoms with Crippen LogP contribution in [0.4, 0.5) is 11.4 Å². The van der Waals surface area contributed by atoms with Crippen molar-refractivity contribution in [3.05, 3.63) is 63.2 Å². The van der Waals surface area contributed by atoms with Gasteiger partial charge in [-0.2, -0.15) is 0 Å². The molecule has 108 valence electrons. The minimum Gasteiger partial charge on any atom is -0.322 e. The molecule has 21 heavy (non-hydrogen) atoms. The van der Waals surface area contributed by atoms with Crippen molar-refractivity contribution in [2.24, 2.45) is 0 Å². The lowest BCUT2D eigenvalue weighted by molar-refractivity contribution is -0.387. The van der Waals surface area contributed by atoms with Gasteiger partial charge in [-0.3, -0.25) is 14.9 Å². The number of amides is 1. The molecule has 1 amide bonds. The van der Waals surface area contributed by atoms with E-state index in [0.717, 1.165) is 0 Å². The summed E-state index contributed by atoms with van der Waals surface area (Å²) in [7, 11) is 0. The number of anilines is 1. The minimum atomic E-state index is -0.495. The predicted molar refractivity (Wildman–Crippen MR) is 84.3 cm³/mol. The van der Waals surface area contributed by atoms with Crippen molar-refractivity contribution in [1.29, 1.82) is 0 Å². The van der Waals surface area contributed by atoms with E-state index in [1.54, 1.807) is 42.7 Å². The summed E-state index contributed by atoms with van der Waals surface area (Å²) in [5.41, 5.74) is 0.724. The standard InChI is InChI=1S/C14H11ClN2O3S/c1-21-13-7-2-9(8-12(13)17(19)20)14(18)16-11-5-3-10(15)4-6-11/h2-8H,1H3,(H,16,18). The Hall–Kier alpha value is -2.05. The molecule has 0 fully saturated rings. The van der Waals surface area contributed by atoms with E-state index in [1.165, 1.54) is 17.8 Å². The molecule has 0 aromatic heterocycles. The number of nitro groups is 1. The van der Waals surface area contributed by atoms with Gasteiger partial charge < -0.3 is 5.32 Å². The van der Waals surface area contributed by atoms with Crippen molar-refractivity contribution < 1.29 is 9.72 Å². The van der Waals surface area contributed by atoms with E-state index in [9.17, 15) is 14.9 Å². The highest BCUT2D eigenvalue weighted by atomic mass is 35.5. The molecule has 0 saturated heterocycles. The molecular weight excluding hydrogens is 312 g/mol. The molecule has 0 aliphatic carbocycles. The third-order valence-corrected chi connectivity index (χ3v) is 3.78. The van der Waals surface area contributed by atoms with Crippen LogP contribution in [0.1, 0.15) is 10.4 Å². The molecule has 0 bridgehead atoms. The zero-order valence-electron chi connectivity index (χ0n) is 11.0. The average molecular weight is 323 g/mol. The minimum absolute atomic E-state index is 0.0775. The predicted octanol–water partition coefficient (Wildman–Crippen LogP) is 4.22. The highest BCUT2D eigenvalue weighted by molar-refractivity contribution is 7.98. The van der Waals surface area contributed by atoms with Crippen LogP contribution in [0.3, 0.4) is 0 Å². The van der Waals surface area contributed by atoms with Gasteiger partial charge in [0.2, 0.25) is 0 Å². The Labute approximate surface area is 130 Å². The second kappa shape index (κ2) is 6.60. The van der Waals surface area contributed by atoms with Crippen molar-refractivity contribution >= 4 is 40.6 Å². The van der Waals surface area contributed by atoms with Crippen LogP contribution in [0.5, 0.6) is 0 Å². The molecular formula is C14H11ClN2O3S. The second-order valence-electron chi connectivity index (χ2n) is 4.10. The van der Waals surface area contributed by atoms with Gasteiger partial charge in [-0.05, 0) is 42.7 Å². The Kier molecular flexibility index (Phi) is 4.82. The maximum Gasteiger partial charge on any atom is 0.283 e. The van der Waals surface area contributed by atoms with E-state index in [0.29, 0.717) is 15.6 Å². The smallest absolute Gasteiger partial charge is 0.283 e. The van der Waals surface area contributed by atoms with E-state index < -0.39 is 10.8 Å². The van der Waals surface area contributed by atoms with Gasteiger partial charge in [-0.1, -0.05) is 11.6 Å². The van der Waals surface area contributed by atoms with E-state index in [2.05, 4.69) is 5.32 Å². The number of rotatable bonds is 4. The lowest BCUT2D eigenvalue weighted by Crippen LogP contribution is -2.12. The molecule has 0 heterocycles. The SMILES string of the molecule is CSc1ccc(C(=O)Nc2ccc(Cl)cc2)cc1[N+](=O)[O-]. The average Bonchev–Trinajstić information content (AvgIpc) is 2.48. The van der Waals surface area contributed by atoms with Gasteiger partial charge in [0.25, 0.3) is 11.6 Å². The van der Waals surface area contributed by atoms with Crippen LogP contribution in [0, 0.1) is 10.1 Å². The summed E-state index contributed by atoms with van der Waals surface area (Å²) >= 11 is 7.03. The Bertz CT molecular complexity index is 689. The van der Waals surface area contributed by atoms with Crippen LogP contribution in [-0.4, -0.2) is 17.1 Å². The Morgan fingerprint density at radius 1 is 1.24 bits per heavy atom. The maximum atomic E-state index is 12.1. The number of hydrogen-bond acceptors (Lipinski definition) is 4. The van der Waals surface area contributed by atoms with Crippen LogP contribution in [0.15, 0.2) is 47.4 Å². The lowest BCUT2D eigenvalue weighted by Gasteiger charge is -2.06. The van der Waals surface area contributed by atoms with Crippen LogP contribution >= 0.6 is 23.4 Å². The van der Waals surface area contributed by atoms with E-state index >= 15 is 0 Å². The molecule has 2 aromatic carbocycles. The first-order valence-corrected chi connectivity index (χ1v) is 7.51. The topological polar surface area (TPSA) is 72.2 Å². The van der Waals surface area contributed by atoms with Crippen molar-refractivity contribution in [2.45, 2.75) is 4.90 Å². The molecule has 2 rings (SSSR count). The summed E-state index contributed by atoms with van der Waals surface area (Å²) in [4.78, 5) is 23.1. The number of thioether (sulfide) groups is 1. The van der Waals surface area contributed by atoms with E-state index in [4.69, 9.17) is 11.6 Å². The summed E-state index contributed by atoms with van der Waals surface area (Å²) in [6.45, 7) is 0. The molecule has 0 spiro atoms. The van der Waals surface area contributed by atoms with Crippen molar-refractivity contribution in [2.75, 3.05) is 11.6 Å². The number of nitrogens with zero attached hydrogens (tertiary/aromatic N) is 1. The molecule has 7 heteroatoms. The highest BCUT2D eigenvalue weighted by Gasteiger charge is 2.17. The maximum absolute atomic E-state index is 12.1. The zero-order valence-corrected chi connectivity index (χ0v) is 12.6. The Morgan fingerprint density at radius 3 is 2.48 bits per heavy atom. The van der Waals surface area contributed by atoms with E-state index in [-0.39, 0.29) is 11.3 Å². The lowest BCUT2D eigenvalue weighted by atomic mass is 10.2. The zero-order chi connectivity index (χ0) is 15.4. The molecule has 2 aromatic rings. The van der Waals surface area contributed by atoms with Gasteiger partial charge in [0, 0.05) is 22.3 Å². The van der Waals surface area contributed by atoms with Gasteiger partial charge in [0.1, 0.15) is 0 Å². The summed E-state index contributed by atoms with van der Waals surface area (Å²) < 4.78 is 0. The largest absolute Gasteiger partial charge is 0.322 e. The van der Waals surface area contributed by atoms with Gasteiger partial charge in [0.05, 0.1) is 9.82 Å². The van der Waals surface area contributed by atoms with Crippen LogP contribution in [-0.2, 0) is 0 Å². The van der Waals surface area contributed by atoms with Crippen LogP contribution in [0.2, 0.25) is 5.02 Å². The molecule has 0 saturated carbocycles. The summed E-state index contributed by atoms with van der Waals surface area (Å²) in [5, 5.41) is 14.2. The summed E-state index contributed by atoms with van der Waals surface area (Å²) in [6.07, 6.45) is 1.75. The number of carbonyl (C=O) groups is 1. The first kappa shape index (κ1) is 15.3. The molecule has 0 atom stereocenters. The normalized spacial score (nSPS) is 10.2. The van der Waals surface area contributed by atoms with E-state index in [1.807, 2.05) is 0 Å². The van der Waals surface area contributed by atoms with Gasteiger partial charge in [-0.25, -0.2) is 0 Å². The van der Waals surface area contributed by atoms with Crippen molar-refractivity contribution in [3.63, 3.8) is 0 Å². The monoisotopic (exact) mass is 322 g/mol. The number of halogens is 1. The molecule has 0 radical (unpaired) electrons. The number of nitrogens with one attached hydrogen (secondary N) is 1. The number of benzene rings is 2.